The van der Waals surface area contributed by atoms with E-state index in [0.717, 1.165) is 56.3 Å². The number of nitrogens with zero attached hydrogens (tertiary/aromatic N) is 3. The van der Waals surface area contributed by atoms with Crippen molar-refractivity contribution in [3.05, 3.63) is 101 Å². The fourth-order valence-electron chi connectivity index (χ4n) is 4.92. The zero-order chi connectivity index (χ0) is 26.7. The second kappa shape index (κ2) is 14.2. The van der Waals surface area contributed by atoms with E-state index < -0.39 is 6.03 Å². The second-order valence-corrected chi connectivity index (χ2v) is 10.1. The van der Waals surface area contributed by atoms with Crippen LogP contribution in [0.3, 0.4) is 0 Å². The Balaban J connectivity index is 1.23. The average Bonchev–Trinajstić information content (AvgIpc) is 2.94. The molecule has 3 aromatic carbocycles. The molecule has 1 atom stereocenters. The van der Waals surface area contributed by atoms with Crippen LogP contribution in [0.1, 0.15) is 35.6 Å². The van der Waals surface area contributed by atoms with Gasteiger partial charge in [-0.2, -0.15) is 0 Å². The van der Waals surface area contributed by atoms with E-state index in [-0.39, 0.29) is 12.6 Å². The number of carbonyl (C=O) groups is 1. The maximum absolute atomic E-state index is 10.9. The molecule has 1 aliphatic heterocycles. The third-order valence-electron chi connectivity index (χ3n) is 6.99. The molecule has 1 unspecified atom stereocenters. The first kappa shape index (κ1) is 27.9. The zero-order valence-corrected chi connectivity index (χ0v) is 22.5. The summed E-state index contributed by atoms with van der Waals surface area (Å²) in [6.45, 7) is 5.72. The summed E-state index contributed by atoms with van der Waals surface area (Å²) < 4.78 is 6.07. The van der Waals surface area contributed by atoms with E-state index in [2.05, 4.69) is 64.4 Å². The van der Waals surface area contributed by atoms with Crippen molar-refractivity contribution in [3.8, 4) is 5.75 Å². The Kier molecular flexibility index (Phi) is 10.4. The summed E-state index contributed by atoms with van der Waals surface area (Å²) in [4.78, 5) is 15.9. The van der Waals surface area contributed by atoms with Crippen molar-refractivity contribution >= 4 is 17.6 Å². The molecule has 7 nitrogen and oxygen atoms in total. The van der Waals surface area contributed by atoms with Gasteiger partial charge in [-0.05, 0) is 60.2 Å². The number of aryl methyl sites for hydroxylation is 1. The van der Waals surface area contributed by atoms with Crippen molar-refractivity contribution < 1.29 is 14.7 Å². The third kappa shape index (κ3) is 8.20. The fraction of sp³-hybridized carbons (Fsp3) is 0.367. The first-order valence-electron chi connectivity index (χ1n) is 13.2. The van der Waals surface area contributed by atoms with E-state index in [4.69, 9.17) is 22.1 Å². The van der Waals surface area contributed by atoms with Gasteiger partial charge in [-0.15, -0.1) is 0 Å². The number of unbranched alkanes of at least 4 members (excludes halogenated alkanes) is 1. The Hall–Kier alpha value is -3.10. The van der Waals surface area contributed by atoms with Crippen LogP contribution >= 0.6 is 11.6 Å². The molecule has 0 saturated carbocycles. The van der Waals surface area contributed by atoms with Crippen molar-refractivity contribution in [3.63, 3.8) is 0 Å². The average molecular weight is 537 g/mol. The lowest BCUT2D eigenvalue weighted by molar-refractivity contribution is -0.0402. The number of hydrogen-bond acceptors (Lipinski definition) is 5. The normalized spacial score (nSPS) is 15.2. The Morgan fingerprint density at radius 1 is 0.947 bits per heavy atom. The van der Waals surface area contributed by atoms with E-state index in [9.17, 15) is 10.0 Å². The number of halogens is 1. The molecule has 0 radical (unpaired) electrons. The van der Waals surface area contributed by atoms with E-state index in [1.807, 2.05) is 24.3 Å². The lowest BCUT2D eigenvalue weighted by atomic mass is 9.96. The molecule has 1 aliphatic rings. The molecule has 3 N–H and O–H groups in total. The number of amides is 2. The summed E-state index contributed by atoms with van der Waals surface area (Å²) in [6, 6.07) is 26.4. The number of hydroxylamine groups is 2. The molecular formula is C30H37ClN4O3. The van der Waals surface area contributed by atoms with Crippen LogP contribution in [0.5, 0.6) is 5.75 Å². The van der Waals surface area contributed by atoms with E-state index in [0.29, 0.717) is 18.1 Å². The van der Waals surface area contributed by atoms with Gasteiger partial charge in [-0.3, -0.25) is 15.0 Å². The van der Waals surface area contributed by atoms with Gasteiger partial charge in [0, 0.05) is 37.7 Å². The second-order valence-electron chi connectivity index (χ2n) is 9.66. The summed E-state index contributed by atoms with van der Waals surface area (Å²) in [5.74, 6) is 0.869. The summed E-state index contributed by atoms with van der Waals surface area (Å²) in [5, 5.41) is 10.7. The Morgan fingerprint density at radius 3 is 2.37 bits per heavy atom. The highest BCUT2D eigenvalue weighted by atomic mass is 35.5. The minimum Gasteiger partial charge on any atom is -0.492 e. The molecule has 8 heteroatoms. The summed E-state index contributed by atoms with van der Waals surface area (Å²) in [5.41, 5.74) is 8.77. The number of rotatable bonds is 12. The predicted molar refractivity (Wildman–Crippen MR) is 151 cm³/mol. The van der Waals surface area contributed by atoms with Crippen LogP contribution in [0.25, 0.3) is 0 Å². The first-order chi connectivity index (χ1) is 18.5. The maximum atomic E-state index is 10.9. The van der Waals surface area contributed by atoms with Gasteiger partial charge in [0.2, 0.25) is 0 Å². The van der Waals surface area contributed by atoms with Gasteiger partial charge in [-0.1, -0.05) is 66.2 Å². The number of primary amides is 1. The van der Waals surface area contributed by atoms with Crippen LogP contribution in [-0.2, 0) is 6.42 Å². The van der Waals surface area contributed by atoms with Crippen molar-refractivity contribution in [1.82, 2.24) is 14.9 Å². The molecule has 0 aliphatic carbocycles. The van der Waals surface area contributed by atoms with Gasteiger partial charge in [-0.25, -0.2) is 9.86 Å². The van der Waals surface area contributed by atoms with Gasteiger partial charge in [0.25, 0.3) is 0 Å². The van der Waals surface area contributed by atoms with Gasteiger partial charge in [0.1, 0.15) is 12.4 Å². The van der Waals surface area contributed by atoms with E-state index >= 15 is 0 Å². The Labute approximate surface area is 230 Å². The Bertz CT molecular complexity index is 1140. The molecule has 0 bridgehead atoms. The van der Waals surface area contributed by atoms with Gasteiger partial charge >= 0.3 is 6.03 Å². The van der Waals surface area contributed by atoms with Crippen molar-refractivity contribution in [2.24, 2.45) is 5.73 Å². The third-order valence-corrected chi connectivity index (χ3v) is 7.24. The molecule has 1 heterocycles. The maximum Gasteiger partial charge on any atom is 0.338 e. The summed E-state index contributed by atoms with van der Waals surface area (Å²) in [7, 11) is 0. The number of nitrogens with two attached hydrogens (primary N) is 1. The molecule has 0 aromatic heterocycles. The quantitative estimate of drug-likeness (QED) is 0.188. The van der Waals surface area contributed by atoms with Gasteiger partial charge in [0.05, 0.1) is 12.6 Å². The highest BCUT2D eigenvalue weighted by Crippen LogP contribution is 2.30. The Morgan fingerprint density at radius 2 is 1.66 bits per heavy atom. The SMILES string of the molecule is NC(=O)N(O)CCCCc1cccc(OCCN2CCN(C(c3ccccc3)c3ccc(Cl)cc3)CC2)c1. The van der Waals surface area contributed by atoms with Crippen molar-refractivity contribution in [2.75, 3.05) is 45.9 Å². The van der Waals surface area contributed by atoms with E-state index in [1.54, 1.807) is 0 Å². The smallest absolute Gasteiger partial charge is 0.338 e. The molecule has 38 heavy (non-hydrogen) atoms. The van der Waals surface area contributed by atoms with Crippen LogP contribution in [0.15, 0.2) is 78.9 Å². The molecule has 202 valence electrons. The first-order valence-corrected chi connectivity index (χ1v) is 13.6. The highest BCUT2D eigenvalue weighted by Gasteiger charge is 2.26. The van der Waals surface area contributed by atoms with Crippen molar-refractivity contribution in [1.29, 1.82) is 0 Å². The largest absolute Gasteiger partial charge is 0.492 e. The van der Waals surface area contributed by atoms with Crippen LogP contribution in [-0.4, -0.2) is 72.0 Å². The number of carbonyl (C=O) groups excluding carboxylic acids is 1. The topological polar surface area (TPSA) is 82.3 Å². The summed E-state index contributed by atoms with van der Waals surface area (Å²) in [6.07, 6.45) is 2.37. The lowest BCUT2D eigenvalue weighted by Crippen LogP contribution is -2.48. The minimum absolute atomic E-state index is 0.214. The number of hydrogen-bond donors (Lipinski definition) is 2. The van der Waals surface area contributed by atoms with E-state index in [1.165, 1.54) is 16.7 Å². The van der Waals surface area contributed by atoms with Crippen molar-refractivity contribution in [2.45, 2.75) is 25.3 Å². The number of ether oxygens (including phenoxy) is 1. The molecule has 0 spiro atoms. The molecular weight excluding hydrogens is 500 g/mol. The fourth-order valence-corrected chi connectivity index (χ4v) is 5.05. The number of urea groups is 1. The van der Waals surface area contributed by atoms with Crippen LogP contribution in [0, 0.1) is 0 Å². The highest BCUT2D eigenvalue weighted by molar-refractivity contribution is 6.30. The zero-order valence-electron chi connectivity index (χ0n) is 21.7. The summed E-state index contributed by atoms with van der Waals surface area (Å²) >= 11 is 6.16. The molecule has 2 amide bonds. The molecule has 1 fully saturated rings. The molecule has 4 rings (SSSR count). The number of piperazine rings is 1. The molecule has 1 saturated heterocycles. The minimum atomic E-state index is -0.820. The lowest BCUT2D eigenvalue weighted by Gasteiger charge is -2.39. The van der Waals surface area contributed by atoms with Crippen LogP contribution in [0.2, 0.25) is 5.02 Å². The molecule has 3 aromatic rings. The standard InChI is InChI=1S/C30H37ClN4O3/c31-27-14-12-26(13-15-27)29(25-9-2-1-3-10-25)34-19-17-33(18-20-34)21-22-38-28-11-6-8-24(23-28)7-4-5-16-35(37)30(32)36/h1-3,6,8-15,23,29,37H,4-5,7,16-22H2,(H2,32,36). The predicted octanol–water partition coefficient (Wildman–Crippen LogP) is 5.22. The van der Waals surface area contributed by atoms with Gasteiger partial charge in [0.15, 0.2) is 0 Å². The van der Waals surface area contributed by atoms with Crippen LogP contribution < -0.4 is 10.5 Å². The van der Waals surface area contributed by atoms with Gasteiger partial charge < -0.3 is 10.5 Å². The number of benzene rings is 3. The monoisotopic (exact) mass is 536 g/mol. The van der Waals surface area contributed by atoms with Crippen LogP contribution in [0.4, 0.5) is 4.79 Å².